The Bertz CT molecular complexity index is 1050. The van der Waals surface area contributed by atoms with Crippen LogP contribution in [0.25, 0.3) is 6.08 Å². The van der Waals surface area contributed by atoms with Crippen molar-refractivity contribution in [2.24, 2.45) is 0 Å². The van der Waals surface area contributed by atoms with Gasteiger partial charge in [-0.15, -0.1) is 0 Å². The lowest BCUT2D eigenvalue weighted by molar-refractivity contribution is -0.121. The summed E-state index contributed by atoms with van der Waals surface area (Å²) in [6.07, 6.45) is 1.69. The predicted octanol–water partition coefficient (Wildman–Crippen LogP) is 3.68. The lowest BCUT2D eigenvalue weighted by Crippen LogP contribution is -2.27. The van der Waals surface area contributed by atoms with Crippen molar-refractivity contribution in [3.63, 3.8) is 0 Å². The molecule has 0 N–H and O–H groups in total. The highest BCUT2D eigenvalue weighted by molar-refractivity contribution is 8.26. The molecule has 0 spiro atoms. The van der Waals surface area contributed by atoms with Crippen molar-refractivity contribution >= 4 is 50.4 Å². The Balaban J connectivity index is 1.89. The van der Waals surface area contributed by atoms with Crippen LogP contribution in [0.2, 0.25) is 0 Å². The number of benzene rings is 2. The first-order chi connectivity index (χ1) is 13.4. The molecule has 6 nitrogen and oxygen atoms in total. The molecule has 28 heavy (non-hydrogen) atoms. The molecule has 0 unspecified atom stereocenters. The predicted molar refractivity (Wildman–Crippen MR) is 113 cm³/mol. The number of carbonyl (C=O) groups is 1. The molecule has 0 radical (unpaired) electrons. The summed E-state index contributed by atoms with van der Waals surface area (Å²) in [7, 11) is -2.57. The van der Waals surface area contributed by atoms with Gasteiger partial charge in [0, 0.05) is 6.54 Å². The molecule has 146 valence electrons. The van der Waals surface area contributed by atoms with Gasteiger partial charge < -0.3 is 8.92 Å². The Kier molecular flexibility index (Phi) is 6.07. The summed E-state index contributed by atoms with van der Waals surface area (Å²) in [5.74, 6) is 0.146. The number of hydrogen-bond donors (Lipinski definition) is 0. The van der Waals surface area contributed by atoms with E-state index >= 15 is 0 Å². The summed E-state index contributed by atoms with van der Waals surface area (Å²) >= 11 is 6.43. The van der Waals surface area contributed by atoms with Gasteiger partial charge in [-0.2, -0.15) is 8.42 Å². The molecule has 1 heterocycles. The number of carbonyl (C=O) groups excluding carboxylic acids is 1. The van der Waals surface area contributed by atoms with Gasteiger partial charge in [0.15, 0.2) is 11.5 Å². The maximum Gasteiger partial charge on any atom is 0.339 e. The van der Waals surface area contributed by atoms with Crippen molar-refractivity contribution in [1.82, 2.24) is 4.90 Å². The van der Waals surface area contributed by atoms with Crippen LogP contribution >= 0.6 is 24.0 Å². The van der Waals surface area contributed by atoms with Gasteiger partial charge in [-0.05, 0) is 42.8 Å². The van der Waals surface area contributed by atoms with E-state index in [0.717, 1.165) is 0 Å². The second kappa shape index (κ2) is 8.34. The van der Waals surface area contributed by atoms with E-state index in [1.165, 1.54) is 42.0 Å². The van der Waals surface area contributed by atoms with Crippen LogP contribution in [0, 0.1) is 0 Å². The zero-order chi connectivity index (χ0) is 20.3. The molecule has 1 aliphatic rings. The summed E-state index contributed by atoms with van der Waals surface area (Å²) in [6.45, 7) is 2.37. The summed E-state index contributed by atoms with van der Waals surface area (Å²) in [6, 6.07) is 12.6. The molecule has 0 aromatic heterocycles. The second-order valence-corrected chi connectivity index (χ2v) is 8.91. The number of hydrogen-bond acceptors (Lipinski definition) is 7. The molecule has 1 aliphatic heterocycles. The largest absolute Gasteiger partial charge is 0.493 e. The molecule has 9 heteroatoms. The zero-order valence-electron chi connectivity index (χ0n) is 15.1. The standard InChI is InChI=1S/C19H17NO5S3/c1-3-20-18(21)17(27-19(20)26)12-13-9-10-15(16(11-13)24-2)25-28(22,23)14-7-5-4-6-8-14/h4-12H,3H2,1-2H3/b17-12+. The molecule has 1 amide bonds. The molecule has 0 aliphatic carbocycles. The first-order valence-corrected chi connectivity index (χ1v) is 10.9. The van der Waals surface area contributed by atoms with Crippen LogP contribution in [0.1, 0.15) is 12.5 Å². The highest BCUT2D eigenvalue weighted by Gasteiger charge is 2.30. The first-order valence-electron chi connectivity index (χ1n) is 8.28. The van der Waals surface area contributed by atoms with E-state index in [4.69, 9.17) is 21.1 Å². The lowest BCUT2D eigenvalue weighted by atomic mass is 10.2. The molecule has 1 fully saturated rings. The van der Waals surface area contributed by atoms with E-state index in [1.54, 1.807) is 36.4 Å². The fourth-order valence-electron chi connectivity index (χ4n) is 2.52. The van der Waals surface area contributed by atoms with Crippen molar-refractivity contribution in [1.29, 1.82) is 0 Å². The van der Waals surface area contributed by atoms with Crippen LogP contribution in [0.3, 0.4) is 0 Å². The van der Waals surface area contributed by atoms with Gasteiger partial charge >= 0.3 is 10.1 Å². The molecule has 2 aromatic rings. The van der Waals surface area contributed by atoms with E-state index < -0.39 is 10.1 Å². The van der Waals surface area contributed by atoms with Crippen LogP contribution < -0.4 is 8.92 Å². The summed E-state index contributed by atoms with van der Waals surface area (Å²) in [5.41, 5.74) is 0.665. The first kappa shape index (κ1) is 20.4. The third-order valence-electron chi connectivity index (χ3n) is 3.91. The Morgan fingerprint density at radius 2 is 1.86 bits per heavy atom. The summed E-state index contributed by atoms with van der Waals surface area (Å²) in [4.78, 5) is 14.4. The normalized spacial score (nSPS) is 15.9. The van der Waals surface area contributed by atoms with Gasteiger partial charge in [0.1, 0.15) is 9.22 Å². The van der Waals surface area contributed by atoms with E-state index in [9.17, 15) is 13.2 Å². The Labute approximate surface area is 173 Å². The monoisotopic (exact) mass is 435 g/mol. The topological polar surface area (TPSA) is 72.9 Å². The minimum absolute atomic E-state index is 0.0457. The maximum atomic E-state index is 12.4. The molecule has 2 aromatic carbocycles. The van der Waals surface area contributed by atoms with Crippen molar-refractivity contribution in [3.05, 3.63) is 59.0 Å². The SMILES string of the molecule is CCN1C(=O)/C(=C\c2ccc(OS(=O)(=O)c3ccccc3)c(OC)c2)SC1=S. The highest BCUT2D eigenvalue weighted by atomic mass is 32.2. The van der Waals surface area contributed by atoms with Gasteiger partial charge in [-0.3, -0.25) is 9.69 Å². The molecular formula is C19H17NO5S3. The van der Waals surface area contributed by atoms with E-state index in [0.29, 0.717) is 21.3 Å². The minimum atomic E-state index is -3.99. The molecular weight excluding hydrogens is 418 g/mol. The molecule has 0 bridgehead atoms. The maximum absolute atomic E-state index is 12.4. The average molecular weight is 436 g/mol. The summed E-state index contributed by atoms with van der Waals surface area (Å²) < 4.78 is 35.9. The minimum Gasteiger partial charge on any atom is -0.493 e. The van der Waals surface area contributed by atoms with Crippen LogP contribution in [-0.4, -0.2) is 37.2 Å². The van der Waals surface area contributed by atoms with E-state index in [1.807, 2.05) is 6.92 Å². The summed E-state index contributed by atoms with van der Waals surface area (Å²) in [5, 5.41) is 0. The number of likely N-dealkylation sites (N-methyl/N-ethyl adjacent to an activating group) is 1. The van der Waals surface area contributed by atoms with Gasteiger partial charge in [-0.1, -0.05) is 48.2 Å². The van der Waals surface area contributed by atoms with Gasteiger partial charge in [0.05, 0.1) is 12.0 Å². The average Bonchev–Trinajstić information content (AvgIpc) is 2.96. The third kappa shape index (κ3) is 4.21. The molecule has 0 saturated carbocycles. The Morgan fingerprint density at radius 1 is 1.14 bits per heavy atom. The van der Waals surface area contributed by atoms with Crippen LogP contribution in [-0.2, 0) is 14.9 Å². The number of methoxy groups -OCH3 is 1. The quantitative estimate of drug-likeness (QED) is 0.389. The smallest absolute Gasteiger partial charge is 0.339 e. The van der Waals surface area contributed by atoms with Gasteiger partial charge in [-0.25, -0.2) is 0 Å². The third-order valence-corrected chi connectivity index (χ3v) is 6.53. The fourth-order valence-corrected chi connectivity index (χ4v) is 4.87. The second-order valence-electron chi connectivity index (χ2n) is 5.69. The van der Waals surface area contributed by atoms with Gasteiger partial charge in [0.25, 0.3) is 5.91 Å². The van der Waals surface area contributed by atoms with Crippen LogP contribution in [0.4, 0.5) is 0 Å². The lowest BCUT2D eigenvalue weighted by Gasteiger charge is -2.11. The molecule has 0 atom stereocenters. The highest BCUT2D eigenvalue weighted by Crippen LogP contribution is 2.35. The number of thioether (sulfide) groups is 1. The number of rotatable bonds is 6. The number of thiocarbonyl (C=S) groups is 1. The van der Waals surface area contributed by atoms with Crippen LogP contribution in [0.15, 0.2) is 58.3 Å². The Morgan fingerprint density at radius 3 is 2.46 bits per heavy atom. The van der Waals surface area contributed by atoms with Crippen molar-refractivity contribution in [3.8, 4) is 11.5 Å². The van der Waals surface area contributed by atoms with Crippen molar-refractivity contribution in [2.45, 2.75) is 11.8 Å². The Hall–Kier alpha value is -2.36. The van der Waals surface area contributed by atoms with E-state index in [-0.39, 0.29) is 22.3 Å². The molecule has 3 rings (SSSR count). The zero-order valence-corrected chi connectivity index (χ0v) is 17.6. The van der Waals surface area contributed by atoms with Crippen molar-refractivity contribution in [2.75, 3.05) is 13.7 Å². The number of ether oxygens (including phenoxy) is 1. The fraction of sp³-hybridized carbons (Fsp3) is 0.158. The number of amides is 1. The van der Waals surface area contributed by atoms with E-state index in [2.05, 4.69) is 0 Å². The van der Waals surface area contributed by atoms with Crippen molar-refractivity contribution < 1.29 is 22.1 Å². The van der Waals surface area contributed by atoms with Crippen LogP contribution in [0.5, 0.6) is 11.5 Å². The number of nitrogens with zero attached hydrogens (tertiary/aromatic N) is 1. The van der Waals surface area contributed by atoms with Gasteiger partial charge in [0.2, 0.25) is 0 Å². The molecule has 1 saturated heterocycles.